The summed E-state index contributed by atoms with van der Waals surface area (Å²) in [5.41, 5.74) is 1.77. The second kappa shape index (κ2) is 5.63. The number of pyridine rings is 1. The molecule has 0 aliphatic carbocycles. The number of fused-ring (bicyclic) bond motifs is 1. The van der Waals surface area contributed by atoms with Crippen LogP contribution in [0, 0.1) is 5.95 Å². The number of hydrogen-bond acceptors (Lipinski definition) is 4. The third kappa shape index (κ3) is 2.07. The molecule has 2 aromatic rings. The number of nitrogens with zero attached hydrogens (tertiary/aromatic N) is 2. The maximum absolute atomic E-state index is 14.1. The number of rotatable bonds is 3. The number of carbonyl (C=O) groups excluding carboxylic acids is 1. The molecule has 0 radical (unpaired) electrons. The van der Waals surface area contributed by atoms with Crippen molar-refractivity contribution in [2.75, 3.05) is 14.2 Å². The Balaban J connectivity index is 2.35. The van der Waals surface area contributed by atoms with E-state index in [0.717, 1.165) is 6.42 Å². The molecule has 1 aliphatic rings. The highest BCUT2D eigenvalue weighted by Crippen LogP contribution is 2.41. The van der Waals surface area contributed by atoms with Crippen LogP contribution < -0.4 is 4.74 Å². The predicted molar refractivity (Wildman–Crippen MR) is 79.2 cm³/mol. The van der Waals surface area contributed by atoms with Gasteiger partial charge in [0.1, 0.15) is 5.56 Å². The van der Waals surface area contributed by atoms with Crippen molar-refractivity contribution in [2.45, 2.75) is 13.0 Å². The van der Waals surface area contributed by atoms with Crippen molar-refractivity contribution in [1.29, 1.82) is 0 Å². The molecular weight excluding hydrogens is 287 g/mol. The SMILES string of the molecule is COC(=O)c1c(OC)c(-c2cccnc2F)n2c1C=CCC2. The first-order chi connectivity index (χ1) is 10.7. The lowest BCUT2D eigenvalue weighted by molar-refractivity contribution is 0.0597. The minimum absolute atomic E-state index is 0.297. The molecule has 0 amide bonds. The van der Waals surface area contributed by atoms with E-state index in [2.05, 4.69) is 4.98 Å². The highest BCUT2D eigenvalue weighted by atomic mass is 19.1. The third-order valence-electron chi connectivity index (χ3n) is 3.66. The number of hydrogen-bond donors (Lipinski definition) is 0. The molecule has 0 saturated heterocycles. The van der Waals surface area contributed by atoms with Crippen LogP contribution in [0.2, 0.25) is 0 Å². The molecule has 6 heteroatoms. The number of esters is 1. The van der Waals surface area contributed by atoms with Crippen LogP contribution in [0.4, 0.5) is 4.39 Å². The average molecular weight is 302 g/mol. The standard InChI is InChI=1S/C16H15FN2O3/c1-21-14-12(16(20)22-2)11-7-3-4-9-19(11)13(14)10-6-5-8-18-15(10)17/h3,5-8H,4,9H2,1-2H3. The molecule has 2 aromatic heterocycles. The van der Waals surface area contributed by atoms with Gasteiger partial charge in [-0.05, 0) is 24.6 Å². The Morgan fingerprint density at radius 2 is 2.23 bits per heavy atom. The van der Waals surface area contributed by atoms with E-state index in [0.29, 0.717) is 34.8 Å². The molecule has 3 heterocycles. The smallest absolute Gasteiger partial charge is 0.343 e. The monoisotopic (exact) mass is 302 g/mol. The molecule has 114 valence electrons. The van der Waals surface area contributed by atoms with E-state index in [9.17, 15) is 9.18 Å². The third-order valence-corrected chi connectivity index (χ3v) is 3.66. The van der Waals surface area contributed by atoms with Gasteiger partial charge >= 0.3 is 5.97 Å². The number of carbonyl (C=O) groups is 1. The first-order valence-corrected chi connectivity index (χ1v) is 6.85. The van der Waals surface area contributed by atoms with Crippen molar-refractivity contribution in [3.63, 3.8) is 0 Å². The summed E-state index contributed by atoms with van der Waals surface area (Å²) < 4.78 is 26.3. The molecular formula is C16H15FN2O3. The minimum atomic E-state index is -0.605. The predicted octanol–water partition coefficient (Wildman–Crippen LogP) is 2.90. The lowest BCUT2D eigenvalue weighted by Crippen LogP contribution is -2.09. The van der Waals surface area contributed by atoms with Crippen molar-refractivity contribution in [3.05, 3.63) is 41.6 Å². The van der Waals surface area contributed by atoms with E-state index in [1.807, 2.05) is 16.7 Å². The van der Waals surface area contributed by atoms with E-state index < -0.39 is 11.9 Å². The van der Waals surface area contributed by atoms with Gasteiger partial charge in [-0.15, -0.1) is 0 Å². The van der Waals surface area contributed by atoms with Gasteiger partial charge in [0.2, 0.25) is 5.95 Å². The molecule has 3 rings (SSSR count). The second-order valence-corrected chi connectivity index (χ2v) is 4.82. The summed E-state index contributed by atoms with van der Waals surface area (Å²) in [5, 5.41) is 0. The molecule has 0 atom stereocenters. The second-order valence-electron chi connectivity index (χ2n) is 4.82. The number of methoxy groups -OCH3 is 2. The average Bonchev–Trinajstić information content (AvgIpc) is 2.88. The fourth-order valence-electron chi connectivity index (χ4n) is 2.75. The number of aromatic nitrogens is 2. The molecule has 0 spiro atoms. The van der Waals surface area contributed by atoms with Crippen LogP contribution in [0.5, 0.6) is 5.75 Å². The van der Waals surface area contributed by atoms with Crippen LogP contribution >= 0.6 is 0 Å². The molecule has 5 nitrogen and oxygen atoms in total. The maximum atomic E-state index is 14.1. The van der Waals surface area contributed by atoms with Crippen molar-refractivity contribution in [2.24, 2.45) is 0 Å². The maximum Gasteiger partial charge on any atom is 0.343 e. The highest BCUT2D eigenvalue weighted by Gasteiger charge is 2.30. The summed E-state index contributed by atoms with van der Waals surface area (Å²) in [6, 6.07) is 3.27. The van der Waals surface area contributed by atoms with Gasteiger partial charge in [-0.1, -0.05) is 6.08 Å². The Morgan fingerprint density at radius 1 is 1.41 bits per heavy atom. The van der Waals surface area contributed by atoms with Crippen molar-refractivity contribution >= 4 is 12.0 Å². The van der Waals surface area contributed by atoms with Crippen LogP contribution in [0.1, 0.15) is 22.5 Å². The molecule has 0 unspecified atom stereocenters. The van der Waals surface area contributed by atoms with Crippen LogP contribution in [0.15, 0.2) is 24.4 Å². The molecule has 0 bridgehead atoms. The molecule has 0 fully saturated rings. The zero-order chi connectivity index (χ0) is 15.7. The summed E-state index contributed by atoms with van der Waals surface area (Å²) in [6.07, 6.45) is 5.97. The van der Waals surface area contributed by atoms with Gasteiger partial charge in [0.05, 0.1) is 31.2 Å². The molecule has 0 N–H and O–H groups in total. The Kier molecular flexibility index (Phi) is 3.66. The zero-order valence-electron chi connectivity index (χ0n) is 12.3. The lowest BCUT2D eigenvalue weighted by Gasteiger charge is -2.14. The van der Waals surface area contributed by atoms with E-state index in [1.54, 1.807) is 12.1 Å². The van der Waals surface area contributed by atoms with Crippen LogP contribution in [0.25, 0.3) is 17.3 Å². The van der Waals surface area contributed by atoms with E-state index in [4.69, 9.17) is 9.47 Å². The Hall–Kier alpha value is -2.63. The Bertz CT molecular complexity index is 765. The summed E-state index contributed by atoms with van der Waals surface area (Å²) in [7, 11) is 2.76. The van der Waals surface area contributed by atoms with Gasteiger partial charge in [-0.3, -0.25) is 0 Å². The van der Waals surface area contributed by atoms with E-state index in [1.165, 1.54) is 20.4 Å². The van der Waals surface area contributed by atoms with Gasteiger partial charge in [0.25, 0.3) is 0 Å². The largest absolute Gasteiger partial charge is 0.494 e. The highest BCUT2D eigenvalue weighted by molar-refractivity contribution is 6.00. The molecule has 0 saturated carbocycles. The van der Waals surface area contributed by atoms with Crippen LogP contribution in [0.3, 0.4) is 0 Å². The fraction of sp³-hybridized carbons (Fsp3) is 0.250. The Labute approximate surface area is 127 Å². The van der Waals surface area contributed by atoms with Gasteiger partial charge in [0.15, 0.2) is 5.75 Å². The Morgan fingerprint density at radius 3 is 2.91 bits per heavy atom. The van der Waals surface area contributed by atoms with Gasteiger partial charge in [-0.25, -0.2) is 9.78 Å². The van der Waals surface area contributed by atoms with E-state index in [-0.39, 0.29) is 0 Å². The number of allylic oxidation sites excluding steroid dienone is 1. The van der Waals surface area contributed by atoms with E-state index >= 15 is 0 Å². The fourth-order valence-corrected chi connectivity index (χ4v) is 2.75. The molecule has 22 heavy (non-hydrogen) atoms. The minimum Gasteiger partial charge on any atom is -0.494 e. The van der Waals surface area contributed by atoms with Crippen molar-refractivity contribution < 1.29 is 18.7 Å². The lowest BCUT2D eigenvalue weighted by atomic mass is 10.1. The topological polar surface area (TPSA) is 53.4 Å². The van der Waals surface area contributed by atoms with Gasteiger partial charge in [0, 0.05) is 12.7 Å². The van der Waals surface area contributed by atoms with Crippen LogP contribution in [-0.4, -0.2) is 29.7 Å². The summed E-state index contributed by atoms with van der Waals surface area (Å²) in [6.45, 7) is 0.628. The summed E-state index contributed by atoms with van der Waals surface area (Å²) in [5.74, 6) is -0.810. The van der Waals surface area contributed by atoms with Crippen LogP contribution in [-0.2, 0) is 11.3 Å². The molecule has 0 aromatic carbocycles. The molecule has 1 aliphatic heterocycles. The van der Waals surface area contributed by atoms with Crippen molar-refractivity contribution in [1.82, 2.24) is 9.55 Å². The summed E-state index contributed by atoms with van der Waals surface area (Å²) in [4.78, 5) is 15.8. The first kappa shape index (κ1) is 14.3. The zero-order valence-corrected chi connectivity index (χ0v) is 12.3. The van der Waals surface area contributed by atoms with Gasteiger partial charge in [-0.2, -0.15) is 4.39 Å². The number of halogens is 1. The normalized spacial score (nSPS) is 12.9. The summed E-state index contributed by atoms with van der Waals surface area (Å²) >= 11 is 0. The first-order valence-electron chi connectivity index (χ1n) is 6.85. The quantitative estimate of drug-likeness (QED) is 0.646. The van der Waals surface area contributed by atoms with Crippen molar-refractivity contribution in [3.8, 4) is 17.0 Å². The number of ether oxygens (including phenoxy) is 2. The van der Waals surface area contributed by atoms with Gasteiger partial charge < -0.3 is 14.0 Å².